The first-order chi connectivity index (χ1) is 12.0. The quantitative estimate of drug-likeness (QED) is 0.712. The van der Waals surface area contributed by atoms with Crippen molar-refractivity contribution in [3.05, 3.63) is 0 Å². The molecule has 1 atom stereocenters. The van der Waals surface area contributed by atoms with Gasteiger partial charge in [-0.1, -0.05) is 32.6 Å². The molecule has 1 saturated carbocycles. The Bertz CT molecular complexity index is 427. The summed E-state index contributed by atoms with van der Waals surface area (Å²) in [5, 5.41) is 9.01. The summed E-state index contributed by atoms with van der Waals surface area (Å²) in [5.41, 5.74) is 0. The highest BCUT2D eigenvalue weighted by Crippen LogP contribution is 2.22. The molecule has 6 nitrogen and oxygen atoms in total. The van der Waals surface area contributed by atoms with E-state index in [2.05, 4.69) is 0 Å². The molecular formula is C19H34N2O4. The minimum absolute atomic E-state index is 0.0797. The number of hydrogen-bond donors (Lipinski definition) is 1. The van der Waals surface area contributed by atoms with Crippen molar-refractivity contribution in [1.82, 2.24) is 9.80 Å². The molecule has 0 radical (unpaired) electrons. The zero-order valence-electron chi connectivity index (χ0n) is 15.8. The number of hydrogen-bond acceptors (Lipinski definition) is 4. The van der Waals surface area contributed by atoms with Crippen LogP contribution in [0.3, 0.4) is 0 Å². The second-order valence-electron chi connectivity index (χ2n) is 7.41. The average Bonchev–Trinajstić information content (AvgIpc) is 2.87. The third-order valence-corrected chi connectivity index (χ3v) is 5.58. The molecule has 0 aromatic carbocycles. The van der Waals surface area contributed by atoms with Gasteiger partial charge in [-0.25, -0.2) is 0 Å². The minimum atomic E-state index is -0.786. The summed E-state index contributed by atoms with van der Waals surface area (Å²) < 4.78 is 6.06. The Kier molecular flexibility index (Phi) is 8.16. The van der Waals surface area contributed by atoms with Crippen LogP contribution in [-0.2, 0) is 14.3 Å². The number of aliphatic carboxylic acids is 1. The standard InChI is InChI=1S/C19H34N2O4/c1-3-20(14-18(22)23)16-10-12-21(13-11-16)19(24)15(2)25-17-8-6-4-5-7-9-17/h15-17H,3-14H2,1-2H3,(H,22,23). The molecule has 0 aromatic rings. The van der Waals surface area contributed by atoms with Crippen molar-refractivity contribution in [2.45, 2.75) is 83.5 Å². The fraction of sp³-hybridized carbons (Fsp3) is 0.895. The van der Waals surface area contributed by atoms with Gasteiger partial charge in [0.2, 0.25) is 0 Å². The lowest BCUT2D eigenvalue weighted by molar-refractivity contribution is -0.149. The zero-order valence-corrected chi connectivity index (χ0v) is 15.8. The third kappa shape index (κ3) is 6.26. The van der Waals surface area contributed by atoms with Crippen LogP contribution in [0.15, 0.2) is 0 Å². The van der Waals surface area contributed by atoms with Crippen LogP contribution in [0.1, 0.15) is 65.2 Å². The summed E-state index contributed by atoms with van der Waals surface area (Å²) >= 11 is 0. The van der Waals surface area contributed by atoms with E-state index in [1.807, 2.05) is 23.6 Å². The highest BCUT2D eigenvalue weighted by molar-refractivity contribution is 5.80. The van der Waals surface area contributed by atoms with E-state index in [0.29, 0.717) is 13.1 Å². The number of ether oxygens (including phenoxy) is 1. The van der Waals surface area contributed by atoms with Gasteiger partial charge in [-0.05, 0) is 39.2 Å². The molecule has 1 amide bonds. The molecule has 1 aliphatic carbocycles. The first-order valence-electron chi connectivity index (χ1n) is 9.91. The molecule has 0 spiro atoms. The second-order valence-corrected chi connectivity index (χ2v) is 7.41. The molecule has 1 heterocycles. The van der Waals surface area contributed by atoms with E-state index < -0.39 is 5.97 Å². The summed E-state index contributed by atoms with van der Waals surface area (Å²) in [6.45, 7) is 6.06. The van der Waals surface area contributed by atoms with Gasteiger partial charge >= 0.3 is 5.97 Å². The fourth-order valence-electron chi connectivity index (χ4n) is 4.11. The number of piperidine rings is 1. The number of carbonyl (C=O) groups is 2. The number of amides is 1. The molecule has 2 rings (SSSR count). The van der Waals surface area contributed by atoms with Crippen molar-refractivity contribution in [3.8, 4) is 0 Å². The SMILES string of the molecule is CCN(CC(=O)O)C1CCN(C(=O)C(C)OC2CCCCCC2)CC1. The number of likely N-dealkylation sites (N-methyl/N-ethyl adjacent to an activating group) is 1. The van der Waals surface area contributed by atoms with E-state index in [-0.39, 0.29) is 30.7 Å². The molecule has 0 aromatic heterocycles. The van der Waals surface area contributed by atoms with Gasteiger partial charge in [-0.3, -0.25) is 14.5 Å². The number of carbonyl (C=O) groups excluding carboxylic acids is 1. The predicted octanol–water partition coefficient (Wildman–Crippen LogP) is 2.51. The molecule has 1 aliphatic heterocycles. The topological polar surface area (TPSA) is 70.1 Å². The Labute approximate surface area is 151 Å². The lowest BCUT2D eigenvalue weighted by atomic mass is 10.0. The highest BCUT2D eigenvalue weighted by Gasteiger charge is 2.30. The maximum atomic E-state index is 12.7. The lowest BCUT2D eigenvalue weighted by Crippen LogP contribution is -2.50. The molecule has 1 saturated heterocycles. The second kappa shape index (κ2) is 10.1. The van der Waals surface area contributed by atoms with Crippen molar-refractivity contribution in [2.75, 3.05) is 26.2 Å². The van der Waals surface area contributed by atoms with Gasteiger partial charge < -0.3 is 14.7 Å². The van der Waals surface area contributed by atoms with Crippen LogP contribution in [0.25, 0.3) is 0 Å². The molecule has 2 aliphatic rings. The number of nitrogens with zero attached hydrogens (tertiary/aromatic N) is 2. The van der Waals surface area contributed by atoms with Crippen LogP contribution in [0, 0.1) is 0 Å². The minimum Gasteiger partial charge on any atom is -0.480 e. The van der Waals surface area contributed by atoms with Crippen LogP contribution < -0.4 is 0 Å². The van der Waals surface area contributed by atoms with Gasteiger partial charge in [0.15, 0.2) is 0 Å². The largest absolute Gasteiger partial charge is 0.480 e. The predicted molar refractivity (Wildman–Crippen MR) is 96.5 cm³/mol. The maximum Gasteiger partial charge on any atom is 0.317 e. The van der Waals surface area contributed by atoms with Crippen LogP contribution in [0.4, 0.5) is 0 Å². The van der Waals surface area contributed by atoms with Crippen molar-refractivity contribution < 1.29 is 19.4 Å². The molecule has 144 valence electrons. The van der Waals surface area contributed by atoms with E-state index in [4.69, 9.17) is 9.84 Å². The Balaban J connectivity index is 1.78. The summed E-state index contributed by atoms with van der Waals surface area (Å²) in [7, 11) is 0. The lowest BCUT2D eigenvalue weighted by Gasteiger charge is -2.38. The van der Waals surface area contributed by atoms with Crippen LogP contribution >= 0.6 is 0 Å². The number of carboxylic acid groups (broad SMARTS) is 1. The number of likely N-dealkylation sites (tertiary alicyclic amines) is 1. The summed E-state index contributed by atoms with van der Waals surface area (Å²) in [6.07, 6.45) is 8.62. The molecular weight excluding hydrogens is 320 g/mol. The number of rotatable bonds is 7. The van der Waals surface area contributed by atoms with Gasteiger partial charge in [-0.15, -0.1) is 0 Å². The van der Waals surface area contributed by atoms with Crippen molar-refractivity contribution in [3.63, 3.8) is 0 Å². The highest BCUT2D eigenvalue weighted by atomic mass is 16.5. The molecule has 1 N–H and O–H groups in total. The van der Waals surface area contributed by atoms with E-state index in [9.17, 15) is 9.59 Å². The molecule has 1 unspecified atom stereocenters. The van der Waals surface area contributed by atoms with E-state index in [0.717, 1.165) is 32.2 Å². The smallest absolute Gasteiger partial charge is 0.317 e. The Morgan fingerprint density at radius 3 is 2.24 bits per heavy atom. The third-order valence-electron chi connectivity index (χ3n) is 5.58. The average molecular weight is 354 g/mol. The zero-order chi connectivity index (χ0) is 18.2. The van der Waals surface area contributed by atoms with Crippen molar-refractivity contribution in [2.24, 2.45) is 0 Å². The fourth-order valence-corrected chi connectivity index (χ4v) is 4.11. The molecule has 25 heavy (non-hydrogen) atoms. The van der Waals surface area contributed by atoms with Crippen LogP contribution in [0.5, 0.6) is 0 Å². The summed E-state index contributed by atoms with van der Waals surface area (Å²) in [4.78, 5) is 27.5. The van der Waals surface area contributed by atoms with E-state index in [1.54, 1.807) is 0 Å². The van der Waals surface area contributed by atoms with Gasteiger partial charge in [-0.2, -0.15) is 0 Å². The Hall–Kier alpha value is -1.14. The van der Waals surface area contributed by atoms with Crippen molar-refractivity contribution >= 4 is 11.9 Å². The first kappa shape index (κ1) is 20.2. The van der Waals surface area contributed by atoms with Crippen LogP contribution in [-0.4, -0.2) is 71.2 Å². The normalized spacial score (nSPS) is 22.0. The monoisotopic (exact) mass is 354 g/mol. The molecule has 0 bridgehead atoms. The molecule has 2 fully saturated rings. The Morgan fingerprint density at radius 1 is 1.12 bits per heavy atom. The molecule has 6 heteroatoms. The summed E-state index contributed by atoms with van der Waals surface area (Å²) in [6, 6.07) is 0.253. The van der Waals surface area contributed by atoms with Gasteiger partial charge in [0, 0.05) is 19.1 Å². The van der Waals surface area contributed by atoms with Gasteiger partial charge in [0.1, 0.15) is 6.10 Å². The summed E-state index contributed by atoms with van der Waals surface area (Å²) in [5.74, 6) is -0.699. The van der Waals surface area contributed by atoms with Crippen LogP contribution in [0.2, 0.25) is 0 Å². The van der Waals surface area contributed by atoms with E-state index >= 15 is 0 Å². The first-order valence-corrected chi connectivity index (χ1v) is 9.91. The maximum absolute atomic E-state index is 12.7. The van der Waals surface area contributed by atoms with Gasteiger partial charge in [0.05, 0.1) is 12.6 Å². The van der Waals surface area contributed by atoms with Crippen molar-refractivity contribution in [1.29, 1.82) is 0 Å². The van der Waals surface area contributed by atoms with E-state index in [1.165, 1.54) is 25.7 Å². The number of carboxylic acids is 1. The van der Waals surface area contributed by atoms with Gasteiger partial charge in [0.25, 0.3) is 5.91 Å². The Morgan fingerprint density at radius 2 is 1.72 bits per heavy atom.